The van der Waals surface area contributed by atoms with Gasteiger partial charge in [0.25, 0.3) is 0 Å². The lowest BCUT2D eigenvalue weighted by Gasteiger charge is -2.63. The molecule has 1 saturated carbocycles. The highest BCUT2D eigenvalue weighted by molar-refractivity contribution is 6.01. The van der Waals surface area contributed by atoms with Crippen LogP contribution in [0, 0.1) is 34.5 Å². The first kappa shape index (κ1) is 22.6. The zero-order chi connectivity index (χ0) is 26.0. The summed E-state index contributed by atoms with van der Waals surface area (Å²) in [5.74, 6) is -6.36. The zero-order valence-corrected chi connectivity index (χ0v) is 21.1. The van der Waals surface area contributed by atoms with Gasteiger partial charge < -0.3 is 24.1 Å². The Morgan fingerprint density at radius 3 is 2.65 bits per heavy atom. The van der Waals surface area contributed by atoms with Gasteiger partial charge in [-0.25, -0.2) is 4.79 Å². The van der Waals surface area contributed by atoms with Crippen LogP contribution in [0.15, 0.2) is 23.8 Å². The van der Waals surface area contributed by atoms with E-state index in [4.69, 9.17) is 18.9 Å². The summed E-state index contributed by atoms with van der Waals surface area (Å²) in [5.41, 5.74) is -6.43. The van der Waals surface area contributed by atoms with Crippen molar-refractivity contribution in [3.05, 3.63) is 23.8 Å². The van der Waals surface area contributed by atoms with E-state index in [9.17, 15) is 24.3 Å². The van der Waals surface area contributed by atoms with E-state index < -0.39 is 75.1 Å². The maximum atomic E-state index is 14.8. The van der Waals surface area contributed by atoms with E-state index in [0.29, 0.717) is 25.7 Å². The van der Waals surface area contributed by atoms with Gasteiger partial charge >= 0.3 is 11.9 Å². The Labute approximate surface area is 213 Å². The molecule has 9 heteroatoms. The fourth-order valence-electron chi connectivity index (χ4n) is 10.0. The van der Waals surface area contributed by atoms with Crippen molar-refractivity contribution in [2.45, 2.75) is 81.6 Å². The molecule has 5 aliphatic heterocycles. The van der Waals surface area contributed by atoms with Crippen molar-refractivity contribution in [3.8, 4) is 0 Å². The summed E-state index contributed by atoms with van der Waals surface area (Å²) in [7, 11) is 0. The topological polar surface area (TPSA) is 125 Å². The monoisotopic (exact) mass is 510 g/mol. The second kappa shape index (κ2) is 6.10. The number of aliphatic hydroxyl groups is 1. The second-order valence-electron chi connectivity index (χ2n) is 13.0. The van der Waals surface area contributed by atoms with Crippen LogP contribution in [0.5, 0.6) is 0 Å². The van der Waals surface area contributed by atoms with Gasteiger partial charge in [0.2, 0.25) is 5.79 Å². The van der Waals surface area contributed by atoms with Crippen molar-refractivity contribution in [2.75, 3.05) is 6.61 Å². The van der Waals surface area contributed by atoms with Gasteiger partial charge in [0.1, 0.15) is 6.10 Å². The number of Topliss-reactive ketones (excluding diaryl/α,β-unsaturated/α-hetero) is 1. The molecule has 8 rings (SSSR count). The van der Waals surface area contributed by atoms with E-state index in [-0.39, 0.29) is 24.6 Å². The number of ether oxygens (including phenoxy) is 4. The quantitative estimate of drug-likeness (QED) is 0.382. The molecule has 8 aliphatic rings. The molecule has 1 N–H and O–H groups in total. The highest BCUT2D eigenvalue weighted by atomic mass is 16.8. The average molecular weight is 511 g/mol. The predicted octanol–water partition coefficient (Wildman–Crippen LogP) is 1.56. The summed E-state index contributed by atoms with van der Waals surface area (Å²) >= 11 is 0. The Balaban J connectivity index is 1.43. The second-order valence-corrected chi connectivity index (χ2v) is 13.0. The van der Waals surface area contributed by atoms with Gasteiger partial charge in [-0.2, -0.15) is 0 Å². The van der Waals surface area contributed by atoms with E-state index in [1.807, 2.05) is 26.0 Å². The first-order valence-corrected chi connectivity index (χ1v) is 13.4. The number of rotatable bonds is 0. The number of allylic oxidation sites excluding steroid dienone is 4. The van der Waals surface area contributed by atoms with Crippen molar-refractivity contribution in [3.63, 3.8) is 0 Å². The highest BCUT2D eigenvalue weighted by Crippen LogP contribution is 2.75. The van der Waals surface area contributed by atoms with Crippen LogP contribution in [0.4, 0.5) is 0 Å². The summed E-state index contributed by atoms with van der Waals surface area (Å²) in [6.45, 7) is 5.29. The van der Waals surface area contributed by atoms with Gasteiger partial charge in [-0.3, -0.25) is 14.4 Å². The molecule has 37 heavy (non-hydrogen) atoms. The normalized spacial score (nSPS) is 58.5. The Bertz CT molecular complexity index is 1300. The Morgan fingerprint density at radius 1 is 1.08 bits per heavy atom. The van der Waals surface area contributed by atoms with Crippen molar-refractivity contribution < 1.29 is 43.2 Å². The molecule has 0 radical (unpaired) electrons. The van der Waals surface area contributed by atoms with E-state index >= 15 is 0 Å². The Hall–Kier alpha value is -2.36. The summed E-state index contributed by atoms with van der Waals surface area (Å²) in [5, 5.41) is 12.4. The van der Waals surface area contributed by atoms with Crippen LogP contribution >= 0.6 is 0 Å². The van der Waals surface area contributed by atoms with E-state index in [2.05, 4.69) is 0 Å². The molecule has 9 nitrogen and oxygen atoms in total. The fourth-order valence-corrected chi connectivity index (χ4v) is 10.0. The lowest BCUT2D eigenvalue weighted by Crippen LogP contribution is -2.79. The molecule has 0 aromatic carbocycles. The van der Waals surface area contributed by atoms with Crippen molar-refractivity contribution in [1.82, 2.24) is 0 Å². The van der Waals surface area contributed by atoms with Crippen LogP contribution in [-0.4, -0.2) is 63.9 Å². The molecular formula is C28H30O9. The molecule has 5 heterocycles. The number of ketones is 2. The van der Waals surface area contributed by atoms with Crippen LogP contribution in [0.25, 0.3) is 0 Å². The largest absolute Gasteiger partial charge is 0.458 e. The van der Waals surface area contributed by atoms with E-state index in [0.717, 1.165) is 5.57 Å². The first-order valence-electron chi connectivity index (χ1n) is 13.4. The minimum Gasteiger partial charge on any atom is -0.458 e. The predicted molar refractivity (Wildman–Crippen MR) is 122 cm³/mol. The zero-order valence-electron chi connectivity index (χ0n) is 21.1. The van der Waals surface area contributed by atoms with E-state index in [1.165, 1.54) is 0 Å². The molecule has 0 aromatic heterocycles. The SMILES string of the molecule is C[C@@]12C(=O)C=CCC1=CC[C@@H]1[C@@H]2CC[C@@]2(O)C(=O)O[C@]3(C)[C@H]4C[C@@]5(C)[C@@H]6C(=O)C1(OC[C@H]5C(=O)O4)OC623. The Kier molecular flexibility index (Phi) is 3.73. The minimum atomic E-state index is -2.17. The molecular weight excluding hydrogens is 480 g/mol. The lowest BCUT2D eigenvalue weighted by molar-refractivity contribution is -0.374. The van der Waals surface area contributed by atoms with Crippen molar-refractivity contribution in [1.29, 1.82) is 0 Å². The molecule has 6 fully saturated rings. The molecule has 3 aliphatic carbocycles. The summed E-state index contributed by atoms with van der Waals surface area (Å²) < 4.78 is 25.1. The number of hydrogen-bond acceptors (Lipinski definition) is 9. The van der Waals surface area contributed by atoms with Gasteiger partial charge in [-0.05, 0) is 63.4 Å². The van der Waals surface area contributed by atoms with Gasteiger partial charge in [-0.1, -0.05) is 24.6 Å². The molecule has 5 bridgehead atoms. The number of hydrogen-bond donors (Lipinski definition) is 1. The third kappa shape index (κ3) is 1.97. The molecule has 0 aromatic rings. The van der Waals surface area contributed by atoms with Gasteiger partial charge in [0.15, 0.2) is 28.4 Å². The molecule has 0 amide bonds. The lowest BCUT2D eigenvalue weighted by atomic mass is 9.46. The minimum absolute atomic E-state index is 0.0380. The van der Waals surface area contributed by atoms with Crippen LogP contribution in [0.2, 0.25) is 0 Å². The molecule has 5 saturated heterocycles. The molecule has 11 atom stereocenters. The maximum Gasteiger partial charge on any atom is 0.342 e. The van der Waals surface area contributed by atoms with Crippen LogP contribution in [0.1, 0.15) is 52.9 Å². The van der Waals surface area contributed by atoms with Crippen molar-refractivity contribution >= 4 is 23.5 Å². The maximum absolute atomic E-state index is 14.8. The third-order valence-corrected chi connectivity index (χ3v) is 12.0. The first-order chi connectivity index (χ1) is 17.4. The fraction of sp³-hybridized carbons (Fsp3) is 0.714. The molecule has 196 valence electrons. The third-order valence-electron chi connectivity index (χ3n) is 12.0. The van der Waals surface area contributed by atoms with Crippen molar-refractivity contribution in [2.24, 2.45) is 34.5 Å². The standard InChI is InChI=1S/C28H30O9/c1-23-11-18-25(3)28-19(23)20(30)27(37-28,34-12-16(23)21(31)35-18)15-8-7-13-5-4-6-17(29)24(13,2)14(15)9-10-26(28,33)22(32)36-25/h4,6-7,14-16,18-19,33H,5,8-12H2,1-3H3/t14-,15+,16-,18+,19-,23+,24+,25+,26+,27?,28?/m0/s1. The number of carbonyl (C=O) groups excluding carboxylic acids is 4. The number of fused-ring (bicyclic) bond motifs is 5. The number of esters is 2. The molecule has 2 spiro atoms. The average Bonchev–Trinajstić information content (AvgIpc) is 3.16. The number of carbonyl (C=O) groups is 4. The van der Waals surface area contributed by atoms with E-state index in [1.54, 1.807) is 13.0 Å². The van der Waals surface area contributed by atoms with Crippen LogP contribution in [0.3, 0.4) is 0 Å². The van der Waals surface area contributed by atoms with Gasteiger partial charge in [0.05, 0.1) is 23.9 Å². The highest BCUT2D eigenvalue weighted by Gasteiger charge is 2.93. The smallest absolute Gasteiger partial charge is 0.342 e. The summed E-state index contributed by atoms with van der Waals surface area (Å²) in [4.78, 5) is 55.2. The van der Waals surface area contributed by atoms with Gasteiger partial charge in [0, 0.05) is 5.92 Å². The Morgan fingerprint density at radius 2 is 1.86 bits per heavy atom. The van der Waals surface area contributed by atoms with Crippen LogP contribution < -0.4 is 0 Å². The molecule has 2 unspecified atom stereocenters. The van der Waals surface area contributed by atoms with Gasteiger partial charge in [-0.15, -0.1) is 0 Å². The summed E-state index contributed by atoms with van der Waals surface area (Å²) in [6.07, 6.45) is 6.24. The summed E-state index contributed by atoms with van der Waals surface area (Å²) in [6, 6.07) is 0. The van der Waals surface area contributed by atoms with Crippen LogP contribution in [-0.2, 0) is 38.1 Å².